The summed E-state index contributed by atoms with van der Waals surface area (Å²) in [6.45, 7) is 0. The highest BCUT2D eigenvalue weighted by atomic mass is 35.5. The van der Waals surface area contributed by atoms with Crippen LogP contribution < -0.4 is 0 Å². The Bertz CT molecular complexity index is 323. The summed E-state index contributed by atoms with van der Waals surface area (Å²) in [6.07, 6.45) is 4.09. The summed E-state index contributed by atoms with van der Waals surface area (Å²) in [5.74, 6) is 1.81. The third-order valence-electron chi connectivity index (χ3n) is 2.97. The molecule has 0 unspecified atom stereocenters. The first-order valence-electron chi connectivity index (χ1n) is 5.55. The van der Waals surface area contributed by atoms with Gasteiger partial charge in [-0.1, -0.05) is 12.1 Å². The number of thioether (sulfide) groups is 1. The molecule has 96 valence electrons. The number of benzene rings is 1. The van der Waals surface area contributed by atoms with Gasteiger partial charge in [-0.3, -0.25) is 0 Å². The van der Waals surface area contributed by atoms with Crippen LogP contribution in [0.2, 0.25) is 0 Å². The molecule has 0 aliphatic carbocycles. The second-order valence-corrected chi connectivity index (χ2v) is 5.67. The maximum absolute atomic E-state index is 12.9. The Hall–Kier alpha value is 0.0800. The van der Waals surface area contributed by atoms with Gasteiger partial charge in [0, 0.05) is 17.2 Å². The van der Waals surface area contributed by atoms with Crippen molar-refractivity contribution in [1.29, 1.82) is 0 Å². The Morgan fingerprint density at radius 1 is 1.18 bits per heavy atom. The summed E-state index contributed by atoms with van der Waals surface area (Å²) >= 11 is 14.0. The van der Waals surface area contributed by atoms with Gasteiger partial charge in [0.25, 0.3) is 0 Å². The van der Waals surface area contributed by atoms with Gasteiger partial charge in [0.2, 0.25) is 0 Å². The van der Waals surface area contributed by atoms with Gasteiger partial charge < -0.3 is 0 Å². The Morgan fingerprint density at radius 3 is 2.24 bits per heavy atom. The minimum absolute atomic E-state index is 0.226. The molecule has 0 aliphatic heterocycles. The lowest BCUT2D eigenvalue weighted by atomic mass is 9.80. The summed E-state index contributed by atoms with van der Waals surface area (Å²) in [4.78, 5) is 0. The number of hydrogen-bond donors (Lipinski definition) is 0. The van der Waals surface area contributed by atoms with Gasteiger partial charge in [-0.2, -0.15) is 11.8 Å². The van der Waals surface area contributed by atoms with Crippen molar-refractivity contribution in [2.45, 2.75) is 18.3 Å². The maximum atomic E-state index is 12.9. The monoisotopic (exact) mass is 294 g/mol. The Morgan fingerprint density at radius 2 is 1.76 bits per heavy atom. The zero-order valence-corrected chi connectivity index (χ0v) is 12.2. The molecule has 1 aromatic rings. The van der Waals surface area contributed by atoms with Gasteiger partial charge in [0.1, 0.15) is 5.82 Å². The van der Waals surface area contributed by atoms with Crippen molar-refractivity contribution in [3.8, 4) is 0 Å². The normalized spacial score (nSPS) is 11.8. The molecular weight excluding hydrogens is 278 g/mol. The molecule has 0 bridgehead atoms. The van der Waals surface area contributed by atoms with Crippen LogP contribution in [-0.2, 0) is 5.41 Å². The second-order valence-electron chi connectivity index (χ2n) is 4.15. The Balaban J connectivity index is 2.85. The molecule has 1 aromatic carbocycles. The van der Waals surface area contributed by atoms with E-state index in [0.29, 0.717) is 11.8 Å². The lowest BCUT2D eigenvalue weighted by Gasteiger charge is -2.30. The van der Waals surface area contributed by atoms with E-state index >= 15 is 0 Å². The van der Waals surface area contributed by atoms with Gasteiger partial charge in [-0.25, -0.2) is 4.39 Å². The summed E-state index contributed by atoms with van der Waals surface area (Å²) in [7, 11) is 0. The molecule has 0 spiro atoms. The molecule has 0 atom stereocenters. The molecule has 0 amide bonds. The van der Waals surface area contributed by atoms with Crippen LogP contribution in [0, 0.1) is 5.82 Å². The fourth-order valence-electron chi connectivity index (χ4n) is 1.83. The summed E-state index contributed by atoms with van der Waals surface area (Å²) < 4.78 is 12.9. The molecule has 0 saturated carbocycles. The number of hydrogen-bond acceptors (Lipinski definition) is 1. The SMILES string of the molecule is CSCCCC(CCl)(CCl)c1ccc(F)cc1. The van der Waals surface area contributed by atoms with Crippen LogP contribution in [-0.4, -0.2) is 23.8 Å². The summed E-state index contributed by atoms with van der Waals surface area (Å²) in [5, 5.41) is 0. The lowest BCUT2D eigenvalue weighted by Crippen LogP contribution is -2.30. The smallest absolute Gasteiger partial charge is 0.123 e. The predicted octanol–water partition coefficient (Wildman–Crippen LogP) is 4.68. The van der Waals surface area contributed by atoms with Crippen molar-refractivity contribution in [3.05, 3.63) is 35.6 Å². The number of rotatable bonds is 7. The van der Waals surface area contributed by atoms with Crippen LogP contribution in [0.25, 0.3) is 0 Å². The fraction of sp³-hybridized carbons (Fsp3) is 0.538. The largest absolute Gasteiger partial charge is 0.207 e. The van der Waals surface area contributed by atoms with Crippen LogP contribution in [0.1, 0.15) is 18.4 Å². The lowest BCUT2D eigenvalue weighted by molar-refractivity contribution is 0.486. The van der Waals surface area contributed by atoms with E-state index in [4.69, 9.17) is 23.2 Å². The predicted molar refractivity (Wildman–Crippen MR) is 77.1 cm³/mol. The molecule has 0 heterocycles. The molecule has 0 saturated heterocycles. The van der Waals surface area contributed by atoms with Crippen molar-refractivity contribution >= 4 is 35.0 Å². The topological polar surface area (TPSA) is 0 Å². The van der Waals surface area contributed by atoms with E-state index in [1.165, 1.54) is 12.1 Å². The van der Waals surface area contributed by atoms with E-state index in [9.17, 15) is 4.39 Å². The zero-order valence-electron chi connectivity index (χ0n) is 9.89. The molecule has 0 aromatic heterocycles. The van der Waals surface area contributed by atoms with E-state index in [0.717, 1.165) is 24.2 Å². The molecule has 4 heteroatoms. The summed E-state index contributed by atoms with van der Waals surface area (Å²) in [5.41, 5.74) is 0.803. The molecule has 0 fully saturated rings. The van der Waals surface area contributed by atoms with Crippen LogP contribution in [0.15, 0.2) is 24.3 Å². The van der Waals surface area contributed by atoms with Crippen LogP contribution in [0.3, 0.4) is 0 Å². The highest BCUT2D eigenvalue weighted by Gasteiger charge is 2.30. The van der Waals surface area contributed by atoms with Crippen LogP contribution in [0.4, 0.5) is 4.39 Å². The van der Waals surface area contributed by atoms with E-state index in [1.54, 1.807) is 12.1 Å². The third-order valence-corrected chi connectivity index (χ3v) is 4.69. The van der Waals surface area contributed by atoms with Gasteiger partial charge in [-0.15, -0.1) is 23.2 Å². The molecule has 1 rings (SSSR count). The van der Waals surface area contributed by atoms with E-state index in [1.807, 2.05) is 11.8 Å². The highest BCUT2D eigenvalue weighted by molar-refractivity contribution is 7.98. The summed E-state index contributed by atoms with van der Waals surface area (Å²) in [6, 6.07) is 6.52. The van der Waals surface area contributed by atoms with Gasteiger partial charge in [0.05, 0.1) is 0 Å². The molecule has 0 nitrogen and oxygen atoms in total. The first-order chi connectivity index (χ1) is 8.18. The van der Waals surface area contributed by atoms with Crippen LogP contribution in [0.5, 0.6) is 0 Å². The highest BCUT2D eigenvalue weighted by Crippen LogP contribution is 2.33. The van der Waals surface area contributed by atoms with Crippen LogP contribution >= 0.6 is 35.0 Å². The Kier molecular flexibility index (Phi) is 6.68. The van der Waals surface area contributed by atoms with Crippen molar-refractivity contribution in [1.82, 2.24) is 0 Å². The quantitative estimate of drug-likeness (QED) is 0.519. The van der Waals surface area contributed by atoms with Gasteiger partial charge in [-0.05, 0) is 42.5 Å². The average molecular weight is 295 g/mol. The first kappa shape index (κ1) is 15.1. The van der Waals surface area contributed by atoms with Crippen molar-refractivity contribution in [2.24, 2.45) is 0 Å². The molecule has 0 radical (unpaired) electrons. The average Bonchev–Trinajstić information content (AvgIpc) is 2.37. The molecular formula is C13H17Cl2FS. The van der Waals surface area contributed by atoms with Crippen molar-refractivity contribution < 1.29 is 4.39 Å². The third kappa shape index (κ3) is 4.04. The van der Waals surface area contributed by atoms with E-state index in [-0.39, 0.29) is 11.2 Å². The van der Waals surface area contributed by atoms with Gasteiger partial charge in [0.15, 0.2) is 0 Å². The maximum Gasteiger partial charge on any atom is 0.123 e. The van der Waals surface area contributed by atoms with Gasteiger partial charge >= 0.3 is 0 Å². The Labute approximate surface area is 117 Å². The minimum atomic E-state index is -0.230. The molecule has 0 aliphatic rings. The number of alkyl halides is 2. The van der Waals surface area contributed by atoms with E-state index in [2.05, 4.69) is 6.26 Å². The standard InChI is InChI=1S/C13H17Cl2FS/c1-17-8-2-7-13(9-14,10-15)11-3-5-12(16)6-4-11/h3-6H,2,7-10H2,1H3. The molecule has 17 heavy (non-hydrogen) atoms. The number of halogens is 3. The zero-order chi connectivity index (χ0) is 12.7. The second kappa shape index (κ2) is 7.50. The minimum Gasteiger partial charge on any atom is -0.207 e. The fourth-order valence-corrected chi connectivity index (χ4v) is 3.12. The first-order valence-corrected chi connectivity index (χ1v) is 8.02. The van der Waals surface area contributed by atoms with Crippen molar-refractivity contribution in [2.75, 3.05) is 23.8 Å². The molecule has 0 N–H and O–H groups in total. The van der Waals surface area contributed by atoms with E-state index < -0.39 is 0 Å². The van der Waals surface area contributed by atoms with Crippen molar-refractivity contribution in [3.63, 3.8) is 0 Å².